The summed E-state index contributed by atoms with van der Waals surface area (Å²) in [6, 6.07) is 12.0. The summed E-state index contributed by atoms with van der Waals surface area (Å²) in [6.45, 7) is 0. The molecular formula is C12H8BrNO3. The number of nitrogens with zero attached hydrogens (tertiary/aromatic N) is 1. The van der Waals surface area contributed by atoms with Crippen molar-refractivity contribution in [2.75, 3.05) is 0 Å². The Hall–Kier alpha value is -1.88. The van der Waals surface area contributed by atoms with Gasteiger partial charge in [-0.2, -0.15) is 0 Å². The largest absolute Gasteiger partial charge is 0.450 e. The van der Waals surface area contributed by atoms with Crippen LogP contribution in [0.4, 0.5) is 0 Å². The van der Waals surface area contributed by atoms with Gasteiger partial charge in [-0.1, -0.05) is 18.2 Å². The maximum atomic E-state index is 11.0. The van der Waals surface area contributed by atoms with Crippen LogP contribution in [0.1, 0.15) is 11.3 Å². The summed E-state index contributed by atoms with van der Waals surface area (Å²) in [5.41, 5.74) is 0.553. The van der Waals surface area contributed by atoms with Crippen LogP contribution in [-0.4, -0.2) is 4.92 Å². The summed E-state index contributed by atoms with van der Waals surface area (Å²) in [5.74, 6) is 0.437. The Labute approximate surface area is 106 Å². The molecule has 1 aromatic carbocycles. The van der Waals surface area contributed by atoms with Crippen molar-refractivity contribution in [1.82, 2.24) is 0 Å². The maximum Gasteiger partial charge on any atom is 0.280 e. The highest BCUT2D eigenvalue weighted by molar-refractivity contribution is 9.10. The molecule has 0 saturated carbocycles. The number of furan rings is 1. The zero-order valence-corrected chi connectivity index (χ0v) is 10.3. The second kappa shape index (κ2) is 4.97. The number of halogens is 1. The predicted octanol–water partition coefficient (Wildman–Crippen LogP) is 3.82. The minimum atomic E-state index is -0.425. The van der Waals surface area contributed by atoms with Crippen LogP contribution in [-0.2, 0) is 0 Å². The van der Waals surface area contributed by atoms with Gasteiger partial charge >= 0.3 is 0 Å². The van der Waals surface area contributed by atoms with Crippen LogP contribution in [0, 0.1) is 10.1 Å². The van der Waals surface area contributed by atoms with E-state index in [1.807, 2.05) is 6.07 Å². The standard InChI is InChI=1S/C12H8BrNO3/c13-12-7-6-10(17-12)8-11(14(15)16)9-4-2-1-3-5-9/h1-8H. The highest BCUT2D eigenvalue weighted by Crippen LogP contribution is 2.21. The highest BCUT2D eigenvalue weighted by Gasteiger charge is 2.14. The molecule has 0 unspecified atom stereocenters. The van der Waals surface area contributed by atoms with Gasteiger partial charge in [-0.25, -0.2) is 0 Å². The minimum Gasteiger partial charge on any atom is -0.450 e. The van der Waals surface area contributed by atoms with Crippen LogP contribution in [0.25, 0.3) is 11.8 Å². The number of hydrogen-bond donors (Lipinski definition) is 0. The molecule has 0 aliphatic rings. The van der Waals surface area contributed by atoms with Gasteiger partial charge in [0.15, 0.2) is 4.67 Å². The van der Waals surface area contributed by atoms with Gasteiger partial charge in [-0.15, -0.1) is 0 Å². The lowest BCUT2D eigenvalue weighted by molar-refractivity contribution is -0.374. The van der Waals surface area contributed by atoms with Crippen molar-refractivity contribution in [2.45, 2.75) is 0 Å². The van der Waals surface area contributed by atoms with Crippen molar-refractivity contribution in [2.24, 2.45) is 0 Å². The molecule has 17 heavy (non-hydrogen) atoms. The Balaban J connectivity index is 2.43. The van der Waals surface area contributed by atoms with Crippen molar-refractivity contribution >= 4 is 27.7 Å². The van der Waals surface area contributed by atoms with Crippen LogP contribution in [0.5, 0.6) is 0 Å². The van der Waals surface area contributed by atoms with E-state index in [1.54, 1.807) is 36.4 Å². The second-order valence-electron chi connectivity index (χ2n) is 3.29. The summed E-state index contributed by atoms with van der Waals surface area (Å²) in [5, 5.41) is 11.0. The molecule has 0 fully saturated rings. The summed E-state index contributed by atoms with van der Waals surface area (Å²) in [7, 11) is 0. The second-order valence-corrected chi connectivity index (χ2v) is 4.08. The van der Waals surface area contributed by atoms with Crippen LogP contribution in [0.15, 0.2) is 51.6 Å². The zero-order valence-electron chi connectivity index (χ0n) is 8.67. The number of nitro groups is 1. The molecule has 0 N–H and O–H groups in total. The van der Waals surface area contributed by atoms with E-state index < -0.39 is 4.92 Å². The number of hydrogen-bond acceptors (Lipinski definition) is 3. The van der Waals surface area contributed by atoms with E-state index in [-0.39, 0.29) is 5.70 Å². The van der Waals surface area contributed by atoms with Crippen molar-refractivity contribution < 1.29 is 9.34 Å². The third-order valence-corrected chi connectivity index (χ3v) is 2.57. The van der Waals surface area contributed by atoms with Crippen LogP contribution < -0.4 is 0 Å². The first-order valence-electron chi connectivity index (χ1n) is 4.83. The number of rotatable bonds is 3. The number of benzene rings is 1. The van der Waals surface area contributed by atoms with E-state index in [0.29, 0.717) is 16.0 Å². The molecule has 0 radical (unpaired) electrons. The maximum absolute atomic E-state index is 11.0. The molecule has 86 valence electrons. The third kappa shape index (κ3) is 2.82. The van der Waals surface area contributed by atoms with Gasteiger partial charge in [0.05, 0.1) is 16.6 Å². The fourth-order valence-electron chi connectivity index (χ4n) is 1.39. The van der Waals surface area contributed by atoms with E-state index >= 15 is 0 Å². The first-order chi connectivity index (χ1) is 8.16. The fraction of sp³-hybridized carbons (Fsp3) is 0. The van der Waals surface area contributed by atoms with Gasteiger partial charge in [0.1, 0.15) is 5.76 Å². The average molecular weight is 294 g/mol. The Morgan fingerprint density at radius 1 is 1.24 bits per heavy atom. The fourth-order valence-corrected chi connectivity index (χ4v) is 1.71. The summed E-state index contributed by atoms with van der Waals surface area (Å²) >= 11 is 3.15. The first kappa shape index (κ1) is 11.6. The summed E-state index contributed by atoms with van der Waals surface area (Å²) in [4.78, 5) is 10.6. The Morgan fingerprint density at radius 2 is 1.94 bits per heavy atom. The minimum absolute atomic E-state index is 0.00690. The van der Waals surface area contributed by atoms with E-state index in [1.165, 1.54) is 6.08 Å². The highest BCUT2D eigenvalue weighted by atomic mass is 79.9. The van der Waals surface area contributed by atoms with Crippen LogP contribution >= 0.6 is 15.9 Å². The molecule has 0 aliphatic heterocycles. The molecule has 2 aromatic rings. The Morgan fingerprint density at radius 3 is 2.47 bits per heavy atom. The molecule has 0 spiro atoms. The van der Waals surface area contributed by atoms with E-state index in [9.17, 15) is 10.1 Å². The monoisotopic (exact) mass is 293 g/mol. The van der Waals surface area contributed by atoms with Gasteiger partial charge in [0, 0.05) is 0 Å². The molecule has 0 atom stereocenters. The van der Waals surface area contributed by atoms with Gasteiger partial charge in [-0.3, -0.25) is 10.1 Å². The normalized spacial score (nSPS) is 11.5. The molecule has 0 aliphatic carbocycles. The molecule has 1 aromatic heterocycles. The topological polar surface area (TPSA) is 56.3 Å². The van der Waals surface area contributed by atoms with Crippen LogP contribution in [0.3, 0.4) is 0 Å². The van der Waals surface area contributed by atoms with Gasteiger partial charge < -0.3 is 4.42 Å². The van der Waals surface area contributed by atoms with Crippen LogP contribution in [0.2, 0.25) is 0 Å². The van der Waals surface area contributed by atoms with Crippen molar-refractivity contribution in [3.05, 3.63) is 68.6 Å². The lowest BCUT2D eigenvalue weighted by atomic mass is 10.1. The molecule has 0 amide bonds. The third-order valence-electron chi connectivity index (χ3n) is 2.14. The lowest BCUT2D eigenvalue weighted by Crippen LogP contribution is -1.97. The summed E-state index contributed by atoms with van der Waals surface area (Å²) < 4.78 is 5.76. The van der Waals surface area contributed by atoms with E-state index in [2.05, 4.69) is 15.9 Å². The van der Waals surface area contributed by atoms with Crippen molar-refractivity contribution in [1.29, 1.82) is 0 Å². The van der Waals surface area contributed by atoms with Crippen molar-refractivity contribution in [3.63, 3.8) is 0 Å². The molecule has 4 nitrogen and oxygen atoms in total. The Bertz CT molecular complexity index is 560. The van der Waals surface area contributed by atoms with E-state index in [0.717, 1.165) is 0 Å². The van der Waals surface area contributed by atoms with Gasteiger partial charge in [-0.05, 0) is 40.2 Å². The van der Waals surface area contributed by atoms with Crippen molar-refractivity contribution in [3.8, 4) is 0 Å². The lowest BCUT2D eigenvalue weighted by Gasteiger charge is -1.97. The predicted molar refractivity (Wildman–Crippen MR) is 67.7 cm³/mol. The molecule has 5 heteroatoms. The SMILES string of the molecule is O=[N+]([O-])C(=Cc1ccc(Br)o1)c1ccccc1. The van der Waals surface area contributed by atoms with Gasteiger partial charge in [0.2, 0.25) is 0 Å². The molecule has 0 saturated heterocycles. The van der Waals surface area contributed by atoms with Gasteiger partial charge in [0.25, 0.3) is 5.70 Å². The zero-order chi connectivity index (χ0) is 12.3. The smallest absolute Gasteiger partial charge is 0.280 e. The van der Waals surface area contributed by atoms with E-state index in [4.69, 9.17) is 4.42 Å². The average Bonchev–Trinajstić information content (AvgIpc) is 2.73. The first-order valence-corrected chi connectivity index (χ1v) is 5.63. The quantitative estimate of drug-likeness (QED) is 0.638. The Kier molecular flexibility index (Phi) is 3.39. The summed E-state index contributed by atoms with van der Waals surface area (Å²) in [6.07, 6.45) is 1.40. The molecular weight excluding hydrogens is 286 g/mol. The molecule has 2 rings (SSSR count). The molecule has 0 bridgehead atoms. The molecule has 1 heterocycles.